The highest BCUT2D eigenvalue weighted by atomic mass is 16.7. The van der Waals surface area contributed by atoms with Gasteiger partial charge >= 0.3 is 5.97 Å². The van der Waals surface area contributed by atoms with Crippen LogP contribution in [0.25, 0.3) is 0 Å². The molecule has 1 unspecified atom stereocenters. The average molecular weight is 504 g/mol. The van der Waals surface area contributed by atoms with Gasteiger partial charge in [0.25, 0.3) is 0 Å². The molecule has 2 heterocycles. The molecular formula is C27H41N3O6. The van der Waals surface area contributed by atoms with Crippen molar-refractivity contribution in [2.24, 2.45) is 5.92 Å². The van der Waals surface area contributed by atoms with E-state index in [-0.39, 0.29) is 37.1 Å². The van der Waals surface area contributed by atoms with Gasteiger partial charge in [0, 0.05) is 52.1 Å². The quantitative estimate of drug-likeness (QED) is 0.441. The first-order valence-corrected chi connectivity index (χ1v) is 13.1. The van der Waals surface area contributed by atoms with Crippen LogP contribution in [-0.2, 0) is 14.4 Å². The normalized spacial score (nSPS) is 20.9. The topological polar surface area (TPSA) is 99.6 Å². The summed E-state index contributed by atoms with van der Waals surface area (Å²) in [6.07, 6.45) is 4.38. The molecule has 0 spiro atoms. The molecule has 200 valence electrons. The lowest BCUT2D eigenvalue weighted by Gasteiger charge is -2.30. The van der Waals surface area contributed by atoms with E-state index in [2.05, 4.69) is 13.8 Å². The minimum atomic E-state index is -0.892. The van der Waals surface area contributed by atoms with Crippen molar-refractivity contribution in [1.29, 1.82) is 0 Å². The molecule has 0 saturated carbocycles. The zero-order valence-electron chi connectivity index (χ0n) is 22.1. The fourth-order valence-corrected chi connectivity index (χ4v) is 5.15. The number of carboxylic acids is 1. The average Bonchev–Trinajstić information content (AvgIpc) is 3.46. The van der Waals surface area contributed by atoms with E-state index in [1.165, 1.54) is 6.92 Å². The Labute approximate surface area is 214 Å². The van der Waals surface area contributed by atoms with E-state index in [9.17, 15) is 19.5 Å². The molecule has 1 aromatic rings. The summed E-state index contributed by atoms with van der Waals surface area (Å²) in [4.78, 5) is 43.4. The van der Waals surface area contributed by atoms with Crippen LogP contribution in [0.3, 0.4) is 0 Å². The number of nitrogens with zero attached hydrogens (tertiary/aromatic N) is 3. The van der Waals surface area contributed by atoms with Gasteiger partial charge in [0.1, 0.15) is 0 Å². The third-order valence-corrected chi connectivity index (χ3v) is 7.41. The summed E-state index contributed by atoms with van der Waals surface area (Å²) in [6.45, 7) is 8.35. The standard InChI is InChI=1S/C27H41N3O6/c1-5-7-12-29(13-8-6-2)25(32)17-30-16-21(20-9-10-23-24(15-20)36-18-35-23)26(27(33)34)22(30)11-14-28(4)19(3)31/h9-10,15,21-22,26H,5-8,11-14,16-18H2,1-4H3,(H,33,34)/t21-,22+,26?/m1/s1. The molecule has 2 aliphatic rings. The fraction of sp³-hybridized carbons (Fsp3) is 0.667. The molecule has 9 nitrogen and oxygen atoms in total. The predicted octanol–water partition coefficient (Wildman–Crippen LogP) is 3.18. The van der Waals surface area contributed by atoms with Crippen LogP contribution in [0.15, 0.2) is 18.2 Å². The van der Waals surface area contributed by atoms with Crippen LogP contribution < -0.4 is 9.47 Å². The maximum absolute atomic E-state index is 13.4. The first-order chi connectivity index (χ1) is 17.3. The molecule has 0 aromatic heterocycles. The SMILES string of the molecule is CCCCN(CCCC)C(=O)CN1C[C@H](c2ccc3c(c2)OCO3)C(C(=O)O)[C@@H]1CCN(C)C(C)=O. The number of ether oxygens (including phenoxy) is 2. The van der Waals surface area contributed by atoms with Gasteiger partial charge in [0.2, 0.25) is 18.6 Å². The van der Waals surface area contributed by atoms with Crippen LogP contribution in [-0.4, -0.2) is 90.2 Å². The second-order valence-electron chi connectivity index (χ2n) is 9.90. The molecule has 2 aliphatic heterocycles. The number of carbonyl (C=O) groups is 3. The van der Waals surface area contributed by atoms with Gasteiger partial charge in [-0.3, -0.25) is 19.3 Å². The Morgan fingerprint density at radius 1 is 1.06 bits per heavy atom. The Hall–Kier alpha value is -2.81. The molecule has 9 heteroatoms. The summed E-state index contributed by atoms with van der Waals surface area (Å²) in [7, 11) is 1.72. The Balaban J connectivity index is 1.86. The van der Waals surface area contributed by atoms with E-state index < -0.39 is 11.9 Å². The zero-order chi connectivity index (χ0) is 26.2. The number of fused-ring (bicyclic) bond motifs is 1. The molecule has 0 bridgehead atoms. The van der Waals surface area contributed by atoms with E-state index in [1.54, 1.807) is 11.9 Å². The number of amides is 2. The Bertz CT molecular complexity index is 915. The monoisotopic (exact) mass is 503 g/mol. The molecule has 0 radical (unpaired) electrons. The first-order valence-electron chi connectivity index (χ1n) is 13.1. The van der Waals surface area contributed by atoms with Crippen LogP contribution in [0.2, 0.25) is 0 Å². The lowest BCUT2D eigenvalue weighted by atomic mass is 9.84. The van der Waals surface area contributed by atoms with Crippen molar-refractivity contribution in [2.45, 2.75) is 64.8 Å². The van der Waals surface area contributed by atoms with Crippen molar-refractivity contribution in [3.05, 3.63) is 23.8 Å². The van der Waals surface area contributed by atoms with Gasteiger partial charge in [-0.15, -0.1) is 0 Å². The highest BCUT2D eigenvalue weighted by Gasteiger charge is 2.47. The van der Waals surface area contributed by atoms with Crippen molar-refractivity contribution >= 4 is 17.8 Å². The van der Waals surface area contributed by atoms with Crippen LogP contribution in [0.1, 0.15) is 64.4 Å². The Morgan fingerprint density at radius 3 is 2.33 bits per heavy atom. The largest absolute Gasteiger partial charge is 0.481 e. The van der Waals surface area contributed by atoms with Crippen LogP contribution in [0, 0.1) is 5.92 Å². The number of carboxylic acid groups (broad SMARTS) is 1. The maximum Gasteiger partial charge on any atom is 0.308 e. The summed E-state index contributed by atoms with van der Waals surface area (Å²) in [5.41, 5.74) is 0.861. The first kappa shape index (κ1) is 27.8. The summed E-state index contributed by atoms with van der Waals surface area (Å²) in [6, 6.07) is 5.21. The molecule has 1 N–H and O–H groups in total. The summed E-state index contributed by atoms with van der Waals surface area (Å²) < 4.78 is 11.0. The van der Waals surface area contributed by atoms with Gasteiger partial charge in [0.15, 0.2) is 11.5 Å². The van der Waals surface area contributed by atoms with Gasteiger partial charge in [-0.05, 0) is 37.0 Å². The molecule has 2 amide bonds. The molecule has 3 atom stereocenters. The Morgan fingerprint density at radius 2 is 1.72 bits per heavy atom. The number of benzene rings is 1. The number of hydrogen-bond donors (Lipinski definition) is 1. The minimum Gasteiger partial charge on any atom is -0.481 e. The van der Waals surface area contributed by atoms with Gasteiger partial charge in [-0.1, -0.05) is 32.8 Å². The molecule has 36 heavy (non-hydrogen) atoms. The van der Waals surface area contributed by atoms with Gasteiger partial charge in [0.05, 0.1) is 12.5 Å². The van der Waals surface area contributed by atoms with E-state index in [1.807, 2.05) is 28.0 Å². The van der Waals surface area contributed by atoms with Crippen molar-refractivity contribution in [3.63, 3.8) is 0 Å². The van der Waals surface area contributed by atoms with E-state index in [0.29, 0.717) is 31.0 Å². The van der Waals surface area contributed by atoms with Crippen molar-refractivity contribution < 1.29 is 29.0 Å². The lowest BCUT2D eigenvalue weighted by Crippen LogP contribution is -2.45. The van der Waals surface area contributed by atoms with Gasteiger partial charge in [-0.2, -0.15) is 0 Å². The number of carbonyl (C=O) groups excluding carboxylic acids is 2. The highest BCUT2D eigenvalue weighted by Crippen LogP contribution is 2.42. The number of unbranched alkanes of at least 4 members (excludes halogenated alkanes) is 2. The zero-order valence-corrected chi connectivity index (χ0v) is 22.1. The van der Waals surface area contributed by atoms with Crippen LogP contribution in [0.5, 0.6) is 11.5 Å². The van der Waals surface area contributed by atoms with Crippen molar-refractivity contribution in [3.8, 4) is 11.5 Å². The second kappa shape index (κ2) is 12.9. The van der Waals surface area contributed by atoms with E-state index >= 15 is 0 Å². The van der Waals surface area contributed by atoms with Crippen LogP contribution in [0.4, 0.5) is 0 Å². The fourth-order valence-electron chi connectivity index (χ4n) is 5.15. The number of aliphatic carboxylic acids is 1. The number of rotatable bonds is 13. The van der Waals surface area contributed by atoms with Crippen molar-refractivity contribution in [2.75, 3.05) is 46.6 Å². The minimum absolute atomic E-state index is 0.0392. The smallest absolute Gasteiger partial charge is 0.308 e. The molecular weight excluding hydrogens is 462 g/mol. The number of hydrogen-bond acceptors (Lipinski definition) is 6. The molecule has 1 fully saturated rings. The third-order valence-electron chi connectivity index (χ3n) is 7.41. The molecule has 1 saturated heterocycles. The van der Waals surface area contributed by atoms with Crippen molar-refractivity contribution in [1.82, 2.24) is 14.7 Å². The lowest BCUT2D eigenvalue weighted by molar-refractivity contribution is -0.144. The summed E-state index contributed by atoms with van der Waals surface area (Å²) >= 11 is 0. The van der Waals surface area contributed by atoms with Gasteiger partial charge < -0.3 is 24.4 Å². The highest BCUT2D eigenvalue weighted by molar-refractivity contribution is 5.79. The maximum atomic E-state index is 13.4. The molecule has 3 rings (SSSR count). The molecule has 1 aromatic carbocycles. The van der Waals surface area contributed by atoms with Crippen LogP contribution >= 0.6 is 0 Å². The van der Waals surface area contributed by atoms with E-state index in [0.717, 1.165) is 44.3 Å². The Kier molecular flexibility index (Phi) is 9.98. The summed E-state index contributed by atoms with van der Waals surface area (Å²) in [5, 5.41) is 10.3. The molecule has 0 aliphatic carbocycles. The third kappa shape index (κ3) is 6.69. The van der Waals surface area contributed by atoms with E-state index in [4.69, 9.17) is 9.47 Å². The number of likely N-dealkylation sites (tertiary alicyclic amines) is 1. The summed E-state index contributed by atoms with van der Waals surface area (Å²) in [5.74, 6) is -0.674. The predicted molar refractivity (Wildman–Crippen MR) is 136 cm³/mol. The second-order valence-corrected chi connectivity index (χ2v) is 9.90. The van der Waals surface area contributed by atoms with Gasteiger partial charge in [-0.25, -0.2) is 0 Å².